The molecule has 3 N–H and O–H groups in total. The number of nitro groups is 1. The summed E-state index contributed by atoms with van der Waals surface area (Å²) in [6.45, 7) is 0. The molecule has 0 saturated carbocycles. The van der Waals surface area contributed by atoms with E-state index in [9.17, 15) is 14.9 Å². The Morgan fingerprint density at radius 1 is 0.650 bits per heavy atom. The summed E-state index contributed by atoms with van der Waals surface area (Å²) in [5.74, 6) is 0.717. The summed E-state index contributed by atoms with van der Waals surface area (Å²) < 4.78 is 0. The van der Waals surface area contributed by atoms with Crippen LogP contribution in [0.4, 0.5) is 40.6 Å². The number of nitrogens with one attached hydrogen (secondary N) is 3. The van der Waals surface area contributed by atoms with Crippen molar-refractivity contribution in [2.75, 3.05) is 16.0 Å². The molecule has 0 aliphatic carbocycles. The molecule has 0 aliphatic rings. The van der Waals surface area contributed by atoms with Crippen molar-refractivity contribution in [1.29, 1.82) is 0 Å². The van der Waals surface area contributed by atoms with E-state index in [2.05, 4.69) is 30.9 Å². The van der Waals surface area contributed by atoms with Crippen LogP contribution in [0.25, 0.3) is 6.08 Å². The normalized spacial score (nSPS) is 10.7. The standard InChI is InChI=1S/C30H23N7O3/c38-27(19-16-21-14-17-26(18-15-21)37(39)40)22-8-7-13-25(20-22)33-30-35-28(31-23-9-3-1-4-10-23)34-29(36-30)32-24-11-5-2-6-12-24/h1-20H,(H3,31,32,33,34,35,36)/b19-16+. The Balaban J connectivity index is 1.36. The second-order valence-electron chi connectivity index (χ2n) is 8.54. The smallest absolute Gasteiger partial charge is 0.269 e. The van der Waals surface area contributed by atoms with Gasteiger partial charge in [-0.15, -0.1) is 0 Å². The average molecular weight is 530 g/mol. The van der Waals surface area contributed by atoms with Gasteiger partial charge in [0.05, 0.1) is 4.92 Å². The van der Waals surface area contributed by atoms with Gasteiger partial charge < -0.3 is 16.0 Å². The van der Waals surface area contributed by atoms with Crippen molar-refractivity contribution in [1.82, 2.24) is 15.0 Å². The van der Waals surface area contributed by atoms with Gasteiger partial charge in [0.1, 0.15) is 0 Å². The van der Waals surface area contributed by atoms with Gasteiger partial charge in [-0.05, 0) is 60.2 Å². The van der Waals surface area contributed by atoms with Crippen molar-refractivity contribution >= 4 is 52.5 Å². The molecule has 0 saturated heterocycles. The molecule has 0 fully saturated rings. The quantitative estimate of drug-likeness (QED) is 0.0763. The molecule has 10 heteroatoms. The molecular weight excluding hydrogens is 506 g/mol. The SMILES string of the molecule is O=C(/C=C/c1ccc([N+](=O)[O-])cc1)c1cccc(Nc2nc(Nc3ccccc3)nc(Nc3ccccc3)n2)c1. The number of anilines is 6. The van der Waals surface area contributed by atoms with Crippen LogP contribution in [0.3, 0.4) is 0 Å². The Labute approximate surface area is 229 Å². The highest BCUT2D eigenvalue weighted by molar-refractivity contribution is 6.07. The van der Waals surface area contributed by atoms with E-state index in [-0.39, 0.29) is 17.4 Å². The van der Waals surface area contributed by atoms with Gasteiger partial charge in [0.2, 0.25) is 17.8 Å². The van der Waals surface area contributed by atoms with Crippen LogP contribution in [0.1, 0.15) is 15.9 Å². The molecule has 0 aliphatic heterocycles. The van der Waals surface area contributed by atoms with E-state index in [1.165, 1.54) is 18.2 Å². The molecule has 5 aromatic rings. The Hall–Kier alpha value is -5.90. The second kappa shape index (κ2) is 12.1. The van der Waals surface area contributed by atoms with Gasteiger partial charge in [-0.1, -0.05) is 54.6 Å². The van der Waals surface area contributed by atoms with E-state index in [1.807, 2.05) is 60.7 Å². The Bertz CT molecular complexity index is 1600. The van der Waals surface area contributed by atoms with Gasteiger partial charge in [0.25, 0.3) is 5.69 Å². The minimum Gasteiger partial charge on any atom is -0.324 e. The van der Waals surface area contributed by atoms with Gasteiger partial charge in [0, 0.05) is 34.8 Å². The summed E-state index contributed by atoms with van der Waals surface area (Å²) in [7, 11) is 0. The van der Waals surface area contributed by atoms with Gasteiger partial charge in [-0.2, -0.15) is 15.0 Å². The van der Waals surface area contributed by atoms with Crippen LogP contribution in [-0.4, -0.2) is 25.7 Å². The zero-order valence-corrected chi connectivity index (χ0v) is 21.1. The van der Waals surface area contributed by atoms with E-state index in [0.29, 0.717) is 28.7 Å². The Kier molecular flexibility index (Phi) is 7.78. The molecule has 0 radical (unpaired) electrons. The number of nitro benzene ring substituents is 1. The summed E-state index contributed by atoms with van der Waals surface area (Å²) in [5.41, 5.74) is 3.36. The first kappa shape index (κ1) is 25.7. The van der Waals surface area contributed by atoms with Gasteiger partial charge in [0.15, 0.2) is 5.78 Å². The summed E-state index contributed by atoms with van der Waals surface area (Å²) in [5, 5.41) is 20.4. The third-order valence-electron chi connectivity index (χ3n) is 5.63. The fourth-order valence-corrected chi connectivity index (χ4v) is 3.70. The first-order valence-corrected chi connectivity index (χ1v) is 12.3. The topological polar surface area (TPSA) is 135 Å². The number of nitrogens with zero attached hydrogens (tertiary/aromatic N) is 4. The van der Waals surface area contributed by atoms with Crippen LogP contribution in [-0.2, 0) is 0 Å². The third kappa shape index (κ3) is 6.90. The average Bonchev–Trinajstić information content (AvgIpc) is 2.97. The first-order chi connectivity index (χ1) is 19.5. The maximum absolute atomic E-state index is 12.8. The molecule has 5 rings (SSSR count). The summed E-state index contributed by atoms with van der Waals surface area (Å²) in [6.07, 6.45) is 3.04. The van der Waals surface area contributed by atoms with Crippen LogP contribution in [0, 0.1) is 10.1 Å². The zero-order valence-electron chi connectivity index (χ0n) is 21.1. The van der Waals surface area contributed by atoms with Crippen molar-refractivity contribution in [3.8, 4) is 0 Å². The summed E-state index contributed by atoms with van der Waals surface area (Å²) in [6, 6.07) is 32.0. The zero-order chi connectivity index (χ0) is 27.7. The van der Waals surface area contributed by atoms with E-state index >= 15 is 0 Å². The maximum Gasteiger partial charge on any atom is 0.269 e. The molecule has 4 aromatic carbocycles. The Morgan fingerprint density at radius 2 is 1.15 bits per heavy atom. The lowest BCUT2D eigenvalue weighted by Gasteiger charge is -2.12. The van der Waals surface area contributed by atoms with E-state index in [0.717, 1.165) is 11.4 Å². The molecule has 0 spiro atoms. The molecule has 40 heavy (non-hydrogen) atoms. The highest BCUT2D eigenvalue weighted by Gasteiger charge is 2.10. The van der Waals surface area contributed by atoms with Crippen LogP contribution >= 0.6 is 0 Å². The number of benzene rings is 4. The highest BCUT2D eigenvalue weighted by Crippen LogP contribution is 2.22. The fraction of sp³-hybridized carbons (Fsp3) is 0. The summed E-state index contributed by atoms with van der Waals surface area (Å²) >= 11 is 0. The largest absolute Gasteiger partial charge is 0.324 e. The van der Waals surface area contributed by atoms with Crippen molar-refractivity contribution < 1.29 is 9.72 Å². The monoisotopic (exact) mass is 529 g/mol. The third-order valence-corrected chi connectivity index (χ3v) is 5.63. The van der Waals surface area contributed by atoms with Crippen molar-refractivity contribution in [3.63, 3.8) is 0 Å². The summed E-state index contributed by atoms with van der Waals surface area (Å²) in [4.78, 5) is 36.7. The van der Waals surface area contributed by atoms with Crippen molar-refractivity contribution in [3.05, 3.63) is 137 Å². The maximum atomic E-state index is 12.8. The number of non-ortho nitro benzene ring substituents is 1. The van der Waals surface area contributed by atoms with Crippen LogP contribution < -0.4 is 16.0 Å². The molecule has 0 bridgehead atoms. The molecule has 1 aromatic heterocycles. The predicted molar refractivity (Wildman–Crippen MR) is 155 cm³/mol. The number of para-hydroxylation sites is 2. The van der Waals surface area contributed by atoms with E-state index in [4.69, 9.17) is 0 Å². The molecule has 1 heterocycles. The lowest BCUT2D eigenvalue weighted by molar-refractivity contribution is -0.384. The van der Waals surface area contributed by atoms with Crippen LogP contribution in [0.15, 0.2) is 115 Å². The number of hydrogen-bond donors (Lipinski definition) is 3. The van der Waals surface area contributed by atoms with Crippen LogP contribution in [0.5, 0.6) is 0 Å². The minimum absolute atomic E-state index is 0.00941. The first-order valence-electron chi connectivity index (χ1n) is 12.3. The van der Waals surface area contributed by atoms with Gasteiger partial charge in [-0.25, -0.2) is 0 Å². The van der Waals surface area contributed by atoms with Gasteiger partial charge >= 0.3 is 0 Å². The number of rotatable bonds is 10. The molecular formula is C30H23N7O3. The van der Waals surface area contributed by atoms with Crippen LogP contribution in [0.2, 0.25) is 0 Å². The van der Waals surface area contributed by atoms with Crippen molar-refractivity contribution in [2.24, 2.45) is 0 Å². The Morgan fingerprint density at radius 3 is 1.68 bits per heavy atom. The molecule has 0 atom stereocenters. The predicted octanol–water partition coefficient (Wildman–Crippen LogP) is 6.91. The van der Waals surface area contributed by atoms with Gasteiger partial charge in [-0.3, -0.25) is 14.9 Å². The fourth-order valence-electron chi connectivity index (χ4n) is 3.70. The second-order valence-corrected chi connectivity index (χ2v) is 8.54. The van der Waals surface area contributed by atoms with E-state index < -0.39 is 4.92 Å². The number of carbonyl (C=O) groups excluding carboxylic acids is 1. The number of hydrogen-bond acceptors (Lipinski definition) is 9. The lowest BCUT2D eigenvalue weighted by atomic mass is 10.1. The lowest BCUT2D eigenvalue weighted by Crippen LogP contribution is -2.07. The number of carbonyl (C=O) groups is 1. The van der Waals surface area contributed by atoms with Crippen molar-refractivity contribution in [2.45, 2.75) is 0 Å². The minimum atomic E-state index is -0.467. The number of aromatic nitrogens is 3. The molecule has 10 nitrogen and oxygen atoms in total. The molecule has 196 valence electrons. The molecule has 0 unspecified atom stereocenters. The number of ketones is 1. The molecule has 0 amide bonds. The highest BCUT2D eigenvalue weighted by atomic mass is 16.6. The van der Waals surface area contributed by atoms with E-state index in [1.54, 1.807) is 42.5 Å². The number of allylic oxidation sites excluding steroid dienone is 1.